The van der Waals surface area contributed by atoms with Crippen molar-refractivity contribution < 1.29 is 4.74 Å². The number of anilines is 1. The van der Waals surface area contributed by atoms with Crippen LogP contribution < -0.4 is 4.90 Å². The molecule has 26 heavy (non-hydrogen) atoms. The smallest absolute Gasteiger partial charge is 0.148 e. The number of ether oxygens (including phenoxy) is 1. The van der Waals surface area contributed by atoms with E-state index in [0.29, 0.717) is 0 Å². The summed E-state index contributed by atoms with van der Waals surface area (Å²) in [5.74, 6) is 3.70. The Hall–Kier alpha value is -1.59. The first-order chi connectivity index (χ1) is 12.9. The molecule has 0 aliphatic carbocycles. The molecule has 0 saturated carbocycles. The van der Waals surface area contributed by atoms with Gasteiger partial charge in [-0.3, -0.25) is 4.98 Å². The second-order valence-corrected chi connectivity index (χ2v) is 8.26. The summed E-state index contributed by atoms with van der Waals surface area (Å²) < 4.78 is 5.52. The zero-order valence-corrected chi connectivity index (χ0v) is 16.0. The monoisotopic (exact) mass is 369 g/mol. The van der Waals surface area contributed by atoms with Gasteiger partial charge in [-0.05, 0) is 43.1 Å². The number of hydrogen-bond donors (Lipinski definition) is 0. The lowest BCUT2D eigenvalue weighted by molar-refractivity contribution is 0.0418. The van der Waals surface area contributed by atoms with Crippen molar-refractivity contribution in [2.24, 2.45) is 11.8 Å². The predicted octanol–water partition coefficient (Wildman–Crippen LogP) is 4.41. The van der Waals surface area contributed by atoms with Gasteiger partial charge in [0.2, 0.25) is 0 Å². The van der Waals surface area contributed by atoms with Crippen LogP contribution in [0.2, 0.25) is 0 Å². The van der Waals surface area contributed by atoms with Crippen molar-refractivity contribution in [1.82, 2.24) is 9.97 Å². The lowest BCUT2D eigenvalue weighted by atomic mass is 9.80. The van der Waals surface area contributed by atoms with E-state index in [-0.39, 0.29) is 0 Å². The minimum Gasteiger partial charge on any atom is -0.381 e. The average molecular weight is 370 g/mol. The molecule has 4 nitrogen and oxygen atoms in total. The van der Waals surface area contributed by atoms with Gasteiger partial charge in [-0.25, -0.2) is 4.98 Å². The van der Waals surface area contributed by atoms with Crippen molar-refractivity contribution in [2.45, 2.75) is 36.5 Å². The zero-order valence-electron chi connectivity index (χ0n) is 15.2. The van der Waals surface area contributed by atoms with E-state index in [4.69, 9.17) is 9.72 Å². The van der Waals surface area contributed by atoms with E-state index in [2.05, 4.69) is 40.2 Å². The van der Waals surface area contributed by atoms with Crippen LogP contribution in [0.25, 0.3) is 0 Å². The number of thioether (sulfide) groups is 1. The maximum atomic E-state index is 5.52. The Bertz CT molecular complexity index is 683. The summed E-state index contributed by atoms with van der Waals surface area (Å²) >= 11 is 1.76. The highest BCUT2D eigenvalue weighted by molar-refractivity contribution is 7.98. The van der Waals surface area contributed by atoms with E-state index < -0.39 is 0 Å². The molecule has 2 saturated heterocycles. The summed E-state index contributed by atoms with van der Waals surface area (Å²) in [5, 5.41) is 1.01. The molecule has 0 N–H and O–H groups in total. The van der Waals surface area contributed by atoms with Crippen LogP contribution in [0.3, 0.4) is 0 Å². The zero-order chi connectivity index (χ0) is 17.6. The minimum atomic E-state index is 0.860. The normalized spacial score (nSPS) is 19.6. The molecule has 2 aliphatic rings. The van der Waals surface area contributed by atoms with Gasteiger partial charge >= 0.3 is 0 Å². The molecule has 0 atom stereocenters. The van der Waals surface area contributed by atoms with E-state index >= 15 is 0 Å². The van der Waals surface area contributed by atoms with E-state index in [9.17, 15) is 0 Å². The maximum Gasteiger partial charge on any atom is 0.148 e. The second-order valence-electron chi connectivity index (χ2n) is 7.26. The highest BCUT2D eigenvalue weighted by atomic mass is 32.2. The van der Waals surface area contributed by atoms with Gasteiger partial charge in [0.1, 0.15) is 10.8 Å². The molecule has 0 amide bonds. The van der Waals surface area contributed by atoms with Crippen LogP contribution in [-0.2, 0) is 10.5 Å². The lowest BCUT2D eigenvalue weighted by Gasteiger charge is -2.38. The molecule has 1 aromatic carbocycles. The predicted molar refractivity (Wildman–Crippen MR) is 107 cm³/mol. The molecule has 3 heterocycles. The summed E-state index contributed by atoms with van der Waals surface area (Å²) in [6.07, 6.45) is 8.83. The second kappa shape index (κ2) is 8.87. The molecular formula is C21H27N3OS. The van der Waals surface area contributed by atoms with Gasteiger partial charge in [0.15, 0.2) is 0 Å². The highest BCUT2D eigenvalue weighted by Crippen LogP contribution is 2.33. The highest BCUT2D eigenvalue weighted by Gasteiger charge is 2.28. The van der Waals surface area contributed by atoms with Crippen molar-refractivity contribution in [3.8, 4) is 0 Å². The first-order valence-corrected chi connectivity index (χ1v) is 10.7. The van der Waals surface area contributed by atoms with E-state index in [1.54, 1.807) is 11.8 Å². The molecule has 0 bridgehead atoms. The van der Waals surface area contributed by atoms with Gasteiger partial charge in [-0.15, -0.1) is 11.8 Å². The molecule has 0 radical (unpaired) electrons. The van der Waals surface area contributed by atoms with Crippen molar-refractivity contribution >= 4 is 17.6 Å². The maximum absolute atomic E-state index is 5.52. The molecule has 4 rings (SSSR count). The third-order valence-corrected chi connectivity index (χ3v) is 6.60. The van der Waals surface area contributed by atoms with E-state index in [1.807, 2.05) is 12.4 Å². The fraction of sp³-hybridized carbons (Fsp3) is 0.524. The molecule has 5 heteroatoms. The van der Waals surface area contributed by atoms with E-state index in [1.165, 1.54) is 31.2 Å². The van der Waals surface area contributed by atoms with Gasteiger partial charge in [0.25, 0.3) is 0 Å². The fourth-order valence-electron chi connectivity index (χ4n) is 4.08. The SMILES string of the molecule is c1ccc(CSc2cncc(N3CCC(C4CCOCC4)CC3)n2)cc1. The number of rotatable bonds is 5. The van der Waals surface area contributed by atoms with E-state index in [0.717, 1.165) is 54.7 Å². The Morgan fingerprint density at radius 1 is 0.962 bits per heavy atom. The minimum absolute atomic E-state index is 0.860. The standard InChI is InChI=1S/C21H27N3OS/c1-2-4-17(5-3-1)16-26-21-15-22-14-20(23-21)24-10-6-18(7-11-24)19-8-12-25-13-9-19/h1-5,14-15,18-19H,6-13,16H2. The molecule has 138 valence electrons. The largest absolute Gasteiger partial charge is 0.381 e. The molecule has 2 fully saturated rings. The van der Waals surface area contributed by atoms with Crippen LogP contribution in [0.4, 0.5) is 5.82 Å². The number of nitrogens with zero attached hydrogens (tertiary/aromatic N) is 3. The molecule has 1 aromatic heterocycles. The van der Waals surface area contributed by atoms with Crippen LogP contribution in [0.15, 0.2) is 47.8 Å². The number of piperidine rings is 1. The fourth-order valence-corrected chi connectivity index (χ4v) is 4.88. The average Bonchev–Trinajstić information content (AvgIpc) is 2.74. The topological polar surface area (TPSA) is 38.2 Å². The van der Waals surface area contributed by atoms with Gasteiger partial charge in [-0.1, -0.05) is 30.3 Å². The Balaban J connectivity index is 1.32. The van der Waals surface area contributed by atoms with Crippen molar-refractivity contribution in [3.63, 3.8) is 0 Å². The van der Waals surface area contributed by atoms with Gasteiger partial charge in [0.05, 0.1) is 12.4 Å². The molecule has 2 aliphatic heterocycles. The van der Waals surface area contributed by atoms with Crippen molar-refractivity contribution in [2.75, 3.05) is 31.2 Å². The van der Waals surface area contributed by atoms with Gasteiger partial charge in [-0.2, -0.15) is 0 Å². The Kier molecular flexibility index (Phi) is 6.07. The first kappa shape index (κ1) is 17.8. The Morgan fingerprint density at radius 3 is 2.46 bits per heavy atom. The Labute approximate surface area is 160 Å². The number of hydrogen-bond acceptors (Lipinski definition) is 5. The van der Waals surface area contributed by atoms with Crippen LogP contribution in [0.5, 0.6) is 0 Å². The lowest BCUT2D eigenvalue weighted by Crippen LogP contribution is -2.38. The van der Waals surface area contributed by atoms with Gasteiger partial charge in [0, 0.05) is 32.1 Å². The molecule has 2 aromatic rings. The molecular weight excluding hydrogens is 342 g/mol. The summed E-state index contributed by atoms with van der Waals surface area (Å²) in [7, 11) is 0. The van der Waals surface area contributed by atoms with Crippen LogP contribution in [0.1, 0.15) is 31.2 Å². The summed E-state index contributed by atoms with van der Waals surface area (Å²) in [4.78, 5) is 11.7. The molecule has 0 spiro atoms. The third kappa shape index (κ3) is 4.57. The number of benzene rings is 1. The summed E-state index contributed by atoms with van der Waals surface area (Å²) in [5.41, 5.74) is 1.32. The van der Waals surface area contributed by atoms with Crippen molar-refractivity contribution in [1.29, 1.82) is 0 Å². The summed E-state index contributed by atoms with van der Waals surface area (Å²) in [6, 6.07) is 10.5. The van der Waals surface area contributed by atoms with Crippen LogP contribution in [0, 0.1) is 11.8 Å². The van der Waals surface area contributed by atoms with Crippen LogP contribution in [-0.4, -0.2) is 36.3 Å². The van der Waals surface area contributed by atoms with Crippen molar-refractivity contribution in [3.05, 3.63) is 48.3 Å². The summed E-state index contributed by atoms with van der Waals surface area (Å²) in [6.45, 7) is 4.11. The number of aromatic nitrogens is 2. The third-order valence-electron chi connectivity index (χ3n) is 5.63. The van der Waals surface area contributed by atoms with Crippen LogP contribution >= 0.6 is 11.8 Å². The molecule has 0 unspecified atom stereocenters. The quantitative estimate of drug-likeness (QED) is 0.730. The Morgan fingerprint density at radius 2 is 1.69 bits per heavy atom. The van der Waals surface area contributed by atoms with Gasteiger partial charge < -0.3 is 9.64 Å². The first-order valence-electron chi connectivity index (χ1n) is 9.70.